The molecule has 7 heteroatoms. The molecular weight excluding hydrogens is 356 g/mol. The topological polar surface area (TPSA) is 77.5 Å². The van der Waals surface area contributed by atoms with E-state index in [9.17, 15) is 9.59 Å². The van der Waals surface area contributed by atoms with Crippen molar-refractivity contribution < 1.29 is 19.1 Å². The van der Waals surface area contributed by atoms with Gasteiger partial charge in [-0.2, -0.15) is 0 Å². The van der Waals surface area contributed by atoms with Crippen molar-refractivity contribution in [2.75, 3.05) is 25.1 Å². The number of carbonyl (C=O) groups excluding carboxylic acids is 2. The average molecular weight is 375 g/mol. The molecule has 1 saturated heterocycles. The molecule has 0 saturated carbocycles. The standard InChI is InChI=1S/C19H19ClN2O4/c20-17-15(7-4-10-21-17)22-16(23)13-26-18(24)19(8-11-25-12-9-19)14-5-2-1-3-6-14/h1-7,10H,8-9,11-13H2,(H,22,23). The molecule has 0 aliphatic carbocycles. The zero-order chi connectivity index (χ0) is 18.4. The number of ether oxygens (including phenoxy) is 2. The van der Waals surface area contributed by atoms with Crippen LogP contribution in [0.3, 0.4) is 0 Å². The van der Waals surface area contributed by atoms with E-state index >= 15 is 0 Å². The number of carbonyl (C=O) groups is 2. The van der Waals surface area contributed by atoms with E-state index in [0.717, 1.165) is 5.56 Å². The lowest BCUT2D eigenvalue weighted by molar-refractivity contribution is -0.157. The summed E-state index contributed by atoms with van der Waals surface area (Å²) in [6.07, 6.45) is 2.56. The van der Waals surface area contributed by atoms with Gasteiger partial charge in [0.05, 0.1) is 11.1 Å². The highest BCUT2D eigenvalue weighted by atomic mass is 35.5. The number of nitrogens with one attached hydrogen (secondary N) is 1. The molecule has 2 heterocycles. The number of anilines is 1. The molecular formula is C19H19ClN2O4. The van der Waals surface area contributed by atoms with Crippen LogP contribution in [0.25, 0.3) is 0 Å². The van der Waals surface area contributed by atoms with Crippen molar-refractivity contribution in [1.82, 2.24) is 4.98 Å². The van der Waals surface area contributed by atoms with E-state index in [-0.39, 0.29) is 11.8 Å². The van der Waals surface area contributed by atoms with Gasteiger partial charge < -0.3 is 14.8 Å². The number of aromatic nitrogens is 1. The van der Waals surface area contributed by atoms with Crippen molar-refractivity contribution in [3.05, 3.63) is 59.4 Å². The summed E-state index contributed by atoms with van der Waals surface area (Å²) in [4.78, 5) is 28.8. The molecule has 1 fully saturated rings. The highest BCUT2D eigenvalue weighted by molar-refractivity contribution is 6.32. The molecule has 1 aromatic heterocycles. The Balaban J connectivity index is 1.67. The number of benzene rings is 1. The third-order valence-electron chi connectivity index (χ3n) is 4.43. The zero-order valence-electron chi connectivity index (χ0n) is 14.1. The van der Waals surface area contributed by atoms with Gasteiger partial charge in [-0.25, -0.2) is 4.98 Å². The van der Waals surface area contributed by atoms with Gasteiger partial charge in [0.25, 0.3) is 5.91 Å². The van der Waals surface area contributed by atoms with Crippen molar-refractivity contribution in [3.8, 4) is 0 Å². The van der Waals surface area contributed by atoms with Gasteiger partial charge in [0.1, 0.15) is 0 Å². The van der Waals surface area contributed by atoms with Crippen LogP contribution >= 0.6 is 11.6 Å². The van der Waals surface area contributed by atoms with Gasteiger partial charge in [-0.1, -0.05) is 41.9 Å². The molecule has 1 amide bonds. The van der Waals surface area contributed by atoms with Crippen LogP contribution in [-0.4, -0.2) is 36.7 Å². The summed E-state index contributed by atoms with van der Waals surface area (Å²) in [5.41, 5.74) is 0.467. The molecule has 1 aliphatic heterocycles. The Bertz CT molecular complexity index is 776. The smallest absolute Gasteiger partial charge is 0.317 e. The largest absolute Gasteiger partial charge is 0.455 e. The predicted molar refractivity (Wildman–Crippen MR) is 97.0 cm³/mol. The molecule has 0 unspecified atom stereocenters. The number of esters is 1. The number of halogens is 1. The van der Waals surface area contributed by atoms with E-state index in [1.54, 1.807) is 12.1 Å². The Morgan fingerprint density at radius 3 is 2.58 bits per heavy atom. The Labute approximate surface area is 156 Å². The third-order valence-corrected chi connectivity index (χ3v) is 4.73. The van der Waals surface area contributed by atoms with Gasteiger partial charge in [-0.05, 0) is 30.5 Å². The Hall–Kier alpha value is -2.44. The van der Waals surface area contributed by atoms with Crippen LogP contribution < -0.4 is 5.32 Å². The second kappa shape index (κ2) is 8.29. The number of amides is 1. The highest BCUT2D eigenvalue weighted by Gasteiger charge is 2.43. The molecule has 26 heavy (non-hydrogen) atoms. The van der Waals surface area contributed by atoms with Crippen LogP contribution in [0.1, 0.15) is 18.4 Å². The van der Waals surface area contributed by atoms with Crippen LogP contribution in [0.5, 0.6) is 0 Å². The second-order valence-corrected chi connectivity index (χ2v) is 6.38. The molecule has 136 valence electrons. The van der Waals surface area contributed by atoms with Gasteiger partial charge in [0.15, 0.2) is 11.8 Å². The summed E-state index contributed by atoms with van der Waals surface area (Å²) in [6, 6.07) is 12.8. The van der Waals surface area contributed by atoms with Gasteiger partial charge in [0.2, 0.25) is 0 Å². The fraction of sp³-hybridized carbons (Fsp3) is 0.316. The van der Waals surface area contributed by atoms with E-state index in [1.165, 1.54) is 6.20 Å². The Morgan fingerprint density at radius 2 is 1.88 bits per heavy atom. The molecule has 3 rings (SSSR count). The van der Waals surface area contributed by atoms with Gasteiger partial charge in [0, 0.05) is 19.4 Å². The van der Waals surface area contributed by atoms with Gasteiger partial charge in [-0.15, -0.1) is 0 Å². The quantitative estimate of drug-likeness (QED) is 0.643. The van der Waals surface area contributed by atoms with Crippen LogP contribution in [0.4, 0.5) is 5.69 Å². The molecule has 0 atom stereocenters. The third kappa shape index (κ3) is 4.03. The maximum atomic E-state index is 12.8. The first-order chi connectivity index (χ1) is 12.6. The molecule has 1 N–H and O–H groups in total. The Kier molecular flexibility index (Phi) is 5.85. The van der Waals surface area contributed by atoms with E-state index in [2.05, 4.69) is 10.3 Å². The van der Waals surface area contributed by atoms with Crippen molar-refractivity contribution in [2.45, 2.75) is 18.3 Å². The predicted octanol–water partition coefficient (Wildman–Crippen LogP) is 2.97. The molecule has 0 spiro atoms. The maximum absolute atomic E-state index is 12.8. The SMILES string of the molecule is O=C(COC(=O)C1(c2ccccc2)CCOCC1)Nc1cccnc1Cl. The highest BCUT2D eigenvalue weighted by Crippen LogP contribution is 2.36. The monoisotopic (exact) mass is 374 g/mol. The van der Waals surface area contributed by atoms with Crippen LogP contribution in [0.2, 0.25) is 5.15 Å². The van der Waals surface area contributed by atoms with Crippen LogP contribution in [0.15, 0.2) is 48.7 Å². The lowest BCUT2D eigenvalue weighted by Gasteiger charge is -2.35. The molecule has 6 nitrogen and oxygen atoms in total. The van der Waals surface area contributed by atoms with Gasteiger partial charge in [-0.3, -0.25) is 9.59 Å². The first kappa shape index (κ1) is 18.4. The minimum absolute atomic E-state index is 0.178. The van der Waals surface area contributed by atoms with E-state index in [1.807, 2.05) is 30.3 Å². The minimum Gasteiger partial charge on any atom is -0.455 e. The average Bonchev–Trinajstić information content (AvgIpc) is 2.69. The molecule has 2 aromatic rings. The maximum Gasteiger partial charge on any atom is 0.317 e. The number of hydrogen-bond donors (Lipinski definition) is 1. The summed E-state index contributed by atoms with van der Waals surface area (Å²) >= 11 is 5.91. The number of pyridine rings is 1. The summed E-state index contributed by atoms with van der Waals surface area (Å²) in [6.45, 7) is 0.558. The summed E-state index contributed by atoms with van der Waals surface area (Å²) in [5, 5.41) is 2.76. The fourth-order valence-corrected chi connectivity index (χ4v) is 3.19. The zero-order valence-corrected chi connectivity index (χ0v) is 14.9. The van der Waals surface area contributed by atoms with Gasteiger partial charge >= 0.3 is 5.97 Å². The molecule has 1 aliphatic rings. The van der Waals surface area contributed by atoms with Crippen molar-refractivity contribution in [2.24, 2.45) is 0 Å². The Morgan fingerprint density at radius 1 is 1.15 bits per heavy atom. The molecule has 0 bridgehead atoms. The lowest BCUT2D eigenvalue weighted by Crippen LogP contribution is -2.43. The fourth-order valence-electron chi connectivity index (χ4n) is 3.02. The summed E-state index contributed by atoms with van der Waals surface area (Å²) < 4.78 is 10.7. The van der Waals surface area contributed by atoms with Crippen LogP contribution in [-0.2, 0) is 24.5 Å². The normalized spacial score (nSPS) is 15.9. The number of nitrogens with zero attached hydrogens (tertiary/aromatic N) is 1. The lowest BCUT2D eigenvalue weighted by atomic mass is 9.74. The van der Waals surface area contributed by atoms with E-state index in [4.69, 9.17) is 21.1 Å². The van der Waals surface area contributed by atoms with E-state index < -0.39 is 17.3 Å². The first-order valence-corrected chi connectivity index (χ1v) is 8.70. The van der Waals surface area contributed by atoms with Crippen molar-refractivity contribution >= 4 is 29.2 Å². The van der Waals surface area contributed by atoms with Crippen LogP contribution in [0, 0.1) is 0 Å². The summed E-state index contributed by atoms with van der Waals surface area (Å²) in [5.74, 6) is -0.886. The number of rotatable bonds is 5. The second-order valence-electron chi connectivity index (χ2n) is 6.03. The molecule has 1 aromatic carbocycles. The van der Waals surface area contributed by atoms with Crippen molar-refractivity contribution in [1.29, 1.82) is 0 Å². The number of hydrogen-bond acceptors (Lipinski definition) is 5. The van der Waals surface area contributed by atoms with Crippen molar-refractivity contribution in [3.63, 3.8) is 0 Å². The molecule has 0 radical (unpaired) electrons. The van der Waals surface area contributed by atoms with E-state index in [0.29, 0.717) is 31.7 Å². The minimum atomic E-state index is -0.786. The summed E-state index contributed by atoms with van der Waals surface area (Å²) in [7, 11) is 0. The first-order valence-electron chi connectivity index (χ1n) is 8.33.